The van der Waals surface area contributed by atoms with Gasteiger partial charge in [-0.3, -0.25) is 9.56 Å². The van der Waals surface area contributed by atoms with Crippen molar-refractivity contribution in [1.82, 2.24) is 14.8 Å². The highest BCUT2D eigenvalue weighted by Gasteiger charge is 2.30. The van der Waals surface area contributed by atoms with E-state index in [1.165, 1.54) is 21.0 Å². The summed E-state index contributed by atoms with van der Waals surface area (Å²) in [6.45, 7) is 10.8. The molecule has 4 rings (SSSR count). The first-order chi connectivity index (χ1) is 12.9. The summed E-state index contributed by atoms with van der Waals surface area (Å²) in [7, 11) is 0. The van der Waals surface area contributed by atoms with Gasteiger partial charge in [-0.2, -0.15) is 0 Å². The van der Waals surface area contributed by atoms with Crippen molar-refractivity contribution in [3.05, 3.63) is 62.5 Å². The van der Waals surface area contributed by atoms with E-state index in [1.54, 1.807) is 0 Å². The van der Waals surface area contributed by atoms with Crippen LogP contribution in [0.25, 0.3) is 5.00 Å². The van der Waals surface area contributed by atoms with Crippen LogP contribution in [0.2, 0.25) is 5.02 Å². The quantitative estimate of drug-likeness (QED) is 0.541. The van der Waals surface area contributed by atoms with E-state index in [9.17, 15) is 0 Å². The van der Waals surface area contributed by atoms with Crippen molar-refractivity contribution in [1.29, 1.82) is 0 Å². The lowest BCUT2D eigenvalue weighted by atomic mass is 9.96. The second-order valence-electron chi connectivity index (χ2n) is 7.18. The van der Waals surface area contributed by atoms with Crippen molar-refractivity contribution in [2.75, 3.05) is 0 Å². The summed E-state index contributed by atoms with van der Waals surface area (Å²) in [6, 6.07) is 7.89. The van der Waals surface area contributed by atoms with Crippen LogP contribution in [0.1, 0.15) is 72.4 Å². The van der Waals surface area contributed by atoms with Crippen LogP contribution < -0.4 is 0 Å². The Labute approximate surface area is 168 Å². The van der Waals surface area contributed by atoms with Crippen LogP contribution in [-0.4, -0.2) is 20.5 Å². The van der Waals surface area contributed by atoms with Gasteiger partial charge in [0.1, 0.15) is 16.9 Å². The van der Waals surface area contributed by atoms with Crippen LogP contribution in [0.3, 0.4) is 0 Å². The smallest absolute Gasteiger partial charge is 0.162 e. The number of rotatable bonds is 3. The summed E-state index contributed by atoms with van der Waals surface area (Å²) in [4.78, 5) is 6.50. The van der Waals surface area contributed by atoms with Gasteiger partial charge in [0, 0.05) is 21.0 Å². The monoisotopic (exact) mass is 398 g/mol. The molecule has 0 spiro atoms. The lowest BCUT2D eigenvalue weighted by Gasteiger charge is -2.11. The molecule has 0 aliphatic carbocycles. The van der Waals surface area contributed by atoms with Crippen LogP contribution in [0, 0.1) is 13.8 Å². The molecule has 4 nitrogen and oxygen atoms in total. The highest BCUT2D eigenvalue weighted by atomic mass is 35.5. The summed E-state index contributed by atoms with van der Waals surface area (Å²) >= 11 is 7.97. The van der Waals surface area contributed by atoms with Crippen LogP contribution in [0.5, 0.6) is 0 Å². The minimum atomic E-state index is -0.0667. The van der Waals surface area contributed by atoms with Gasteiger partial charge in [-0.1, -0.05) is 37.6 Å². The molecule has 0 saturated carbocycles. The topological polar surface area (TPSA) is 43.1 Å². The molecule has 0 saturated heterocycles. The molecule has 0 amide bonds. The Bertz CT molecular complexity index is 1030. The molecule has 1 aliphatic heterocycles. The van der Waals surface area contributed by atoms with Crippen molar-refractivity contribution < 1.29 is 0 Å². The Hall–Kier alpha value is -1.98. The van der Waals surface area contributed by atoms with Crippen molar-refractivity contribution >= 4 is 28.6 Å². The molecule has 0 fully saturated rings. The standard InChI is InChI=1S/C21H23ClN4S/c1-6-11(2)19-12(3)17-18(15-7-9-16(22)10-8-15)23-13(4)20-25-24-14(5)26(20)21(17)27-19/h7-11,13H,6H2,1-5H3/t11?,13-/m0/s1. The maximum atomic E-state index is 6.12. The molecule has 0 N–H and O–H groups in total. The minimum Gasteiger partial charge on any atom is -0.273 e. The van der Waals surface area contributed by atoms with Gasteiger partial charge in [-0.25, -0.2) is 0 Å². The molecular formula is C21H23ClN4S. The maximum Gasteiger partial charge on any atom is 0.162 e. The number of aromatic nitrogens is 3. The van der Waals surface area contributed by atoms with Gasteiger partial charge in [-0.05, 0) is 50.8 Å². The summed E-state index contributed by atoms with van der Waals surface area (Å²) in [6.07, 6.45) is 1.11. The highest BCUT2D eigenvalue weighted by Crippen LogP contribution is 2.42. The van der Waals surface area contributed by atoms with E-state index in [0.29, 0.717) is 5.92 Å². The zero-order valence-corrected chi connectivity index (χ0v) is 17.8. The molecule has 3 heterocycles. The average Bonchev–Trinajstić information content (AvgIpc) is 3.16. The predicted octanol–water partition coefficient (Wildman–Crippen LogP) is 6.02. The Morgan fingerprint density at radius 3 is 2.56 bits per heavy atom. The van der Waals surface area contributed by atoms with Gasteiger partial charge in [0.2, 0.25) is 0 Å². The molecule has 2 aromatic heterocycles. The molecule has 3 aromatic rings. The minimum absolute atomic E-state index is 0.0667. The van der Waals surface area contributed by atoms with Gasteiger partial charge in [0.15, 0.2) is 5.82 Å². The number of benzene rings is 1. The fourth-order valence-electron chi connectivity index (χ4n) is 3.65. The van der Waals surface area contributed by atoms with Gasteiger partial charge in [0.05, 0.1) is 5.71 Å². The predicted molar refractivity (Wildman–Crippen MR) is 113 cm³/mol. The second kappa shape index (κ2) is 6.88. The van der Waals surface area contributed by atoms with Crippen LogP contribution in [0.15, 0.2) is 29.3 Å². The van der Waals surface area contributed by atoms with Crippen molar-refractivity contribution in [3.63, 3.8) is 0 Å². The lowest BCUT2D eigenvalue weighted by molar-refractivity contribution is 0.723. The summed E-state index contributed by atoms with van der Waals surface area (Å²) in [5, 5.41) is 10.7. The number of halogens is 1. The van der Waals surface area contributed by atoms with E-state index in [-0.39, 0.29) is 6.04 Å². The molecule has 1 aliphatic rings. The lowest BCUT2D eigenvalue weighted by Crippen LogP contribution is -2.07. The van der Waals surface area contributed by atoms with Crippen LogP contribution in [-0.2, 0) is 0 Å². The maximum absolute atomic E-state index is 6.12. The highest BCUT2D eigenvalue weighted by molar-refractivity contribution is 7.15. The normalized spacial score (nSPS) is 17.1. The molecule has 2 atom stereocenters. The third-order valence-corrected chi connectivity index (χ3v) is 7.09. The summed E-state index contributed by atoms with van der Waals surface area (Å²) in [5.74, 6) is 2.31. The Morgan fingerprint density at radius 1 is 1.19 bits per heavy atom. The van der Waals surface area contributed by atoms with E-state index in [0.717, 1.165) is 34.4 Å². The molecule has 6 heteroatoms. The molecule has 1 unspecified atom stereocenters. The van der Waals surface area contributed by atoms with Crippen LogP contribution >= 0.6 is 22.9 Å². The number of aliphatic imine (C=N–C) groups is 1. The first-order valence-corrected chi connectivity index (χ1v) is 10.5. The van der Waals surface area contributed by atoms with Crippen molar-refractivity contribution in [2.45, 2.75) is 53.0 Å². The number of thiophene rings is 1. The molecule has 1 aromatic carbocycles. The van der Waals surface area contributed by atoms with E-state index in [4.69, 9.17) is 16.6 Å². The van der Waals surface area contributed by atoms with Crippen LogP contribution in [0.4, 0.5) is 0 Å². The third kappa shape index (κ3) is 2.93. The van der Waals surface area contributed by atoms with Crippen molar-refractivity contribution in [2.24, 2.45) is 4.99 Å². The number of aryl methyl sites for hydroxylation is 1. The molecule has 140 valence electrons. The average molecular weight is 399 g/mol. The summed E-state index contributed by atoms with van der Waals surface area (Å²) < 4.78 is 2.19. The van der Waals surface area contributed by atoms with E-state index < -0.39 is 0 Å². The first-order valence-electron chi connectivity index (χ1n) is 9.32. The molecule has 0 bridgehead atoms. The Kier molecular flexibility index (Phi) is 4.68. The SMILES string of the molecule is CCC(C)c1sc2c(c1C)C(c1ccc(Cl)cc1)=N[C@@H](C)c1nnc(C)n1-2. The number of nitrogens with zero attached hydrogens (tertiary/aromatic N) is 4. The summed E-state index contributed by atoms with van der Waals surface area (Å²) in [5.41, 5.74) is 4.61. The zero-order chi connectivity index (χ0) is 19.3. The van der Waals surface area contributed by atoms with Gasteiger partial charge in [0.25, 0.3) is 0 Å². The molecule has 27 heavy (non-hydrogen) atoms. The van der Waals surface area contributed by atoms with Gasteiger partial charge >= 0.3 is 0 Å². The zero-order valence-electron chi connectivity index (χ0n) is 16.2. The largest absolute Gasteiger partial charge is 0.273 e. The Morgan fingerprint density at radius 2 is 1.89 bits per heavy atom. The first kappa shape index (κ1) is 18.4. The van der Waals surface area contributed by atoms with E-state index in [1.807, 2.05) is 30.4 Å². The van der Waals surface area contributed by atoms with Crippen molar-refractivity contribution in [3.8, 4) is 5.00 Å². The second-order valence-corrected chi connectivity index (χ2v) is 8.65. The third-order valence-electron chi connectivity index (χ3n) is 5.33. The van der Waals surface area contributed by atoms with E-state index in [2.05, 4.69) is 54.6 Å². The van der Waals surface area contributed by atoms with Gasteiger partial charge in [-0.15, -0.1) is 21.5 Å². The van der Waals surface area contributed by atoms with Gasteiger partial charge < -0.3 is 0 Å². The fraction of sp³-hybridized carbons (Fsp3) is 0.381. The van der Waals surface area contributed by atoms with E-state index >= 15 is 0 Å². The number of hydrogen-bond acceptors (Lipinski definition) is 4. The number of hydrogen-bond donors (Lipinski definition) is 0. The Balaban J connectivity index is 2.03. The number of fused-ring (bicyclic) bond motifs is 3. The fourth-order valence-corrected chi connectivity index (χ4v) is 5.28. The molecule has 0 radical (unpaired) electrons. The molecular weight excluding hydrogens is 376 g/mol.